The summed E-state index contributed by atoms with van der Waals surface area (Å²) < 4.78 is 1.01. The van der Waals surface area contributed by atoms with Gasteiger partial charge in [-0.2, -0.15) is 0 Å². The Morgan fingerprint density at radius 1 is 1.50 bits per heavy atom. The maximum atomic E-state index is 5.85. The fraction of sp³-hybridized carbons (Fsp3) is 0.643. The lowest BCUT2D eigenvalue weighted by atomic mass is 10.1. The largest absolute Gasteiger partial charge is 0.353 e. The smallest absolute Gasteiger partial charge is 0.133 e. The van der Waals surface area contributed by atoms with E-state index in [2.05, 4.69) is 45.7 Å². The second-order valence-corrected chi connectivity index (χ2v) is 6.36. The van der Waals surface area contributed by atoms with Crippen LogP contribution in [0.2, 0.25) is 0 Å². The third-order valence-electron chi connectivity index (χ3n) is 3.34. The Balaban J connectivity index is 2.19. The van der Waals surface area contributed by atoms with Crippen molar-refractivity contribution in [3.05, 3.63) is 22.3 Å². The summed E-state index contributed by atoms with van der Waals surface area (Å²) in [6.07, 6.45) is 5.66. The van der Waals surface area contributed by atoms with Gasteiger partial charge in [-0.1, -0.05) is 13.8 Å². The molecule has 0 amide bonds. The van der Waals surface area contributed by atoms with E-state index < -0.39 is 0 Å². The maximum Gasteiger partial charge on any atom is 0.133 e. The Morgan fingerprint density at radius 2 is 2.22 bits per heavy atom. The van der Waals surface area contributed by atoms with Crippen molar-refractivity contribution in [2.75, 3.05) is 11.4 Å². The van der Waals surface area contributed by atoms with E-state index in [1.807, 2.05) is 6.20 Å². The van der Waals surface area contributed by atoms with Gasteiger partial charge in [-0.25, -0.2) is 4.98 Å². The third-order valence-corrected chi connectivity index (χ3v) is 3.77. The van der Waals surface area contributed by atoms with Crippen molar-refractivity contribution in [2.45, 2.75) is 45.7 Å². The molecule has 1 saturated carbocycles. The molecular formula is C14H22BrN3. The van der Waals surface area contributed by atoms with Crippen LogP contribution < -0.4 is 10.6 Å². The molecule has 4 heteroatoms. The first-order chi connectivity index (χ1) is 8.61. The first kappa shape index (κ1) is 13.8. The fourth-order valence-corrected chi connectivity index (χ4v) is 2.51. The Hall–Kier alpha value is -0.610. The number of hydrogen-bond donors (Lipinski definition) is 1. The average Bonchev–Trinajstić information content (AvgIpc) is 3.15. The van der Waals surface area contributed by atoms with Gasteiger partial charge in [0.25, 0.3) is 0 Å². The predicted molar refractivity (Wildman–Crippen MR) is 79.7 cm³/mol. The van der Waals surface area contributed by atoms with Gasteiger partial charge in [0.2, 0.25) is 0 Å². The molecule has 1 heterocycles. The highest BCUT2D eigenvalue weighted by molar-refractivity contribution is 9.10. The van der Waals surface area contributed by atoms with Crippen molar-refractivity contribution in [2.24, 2.45) is 11.7 Å². The lowest BCUT2D eigenvalue weighted by Gasteiger charge is -2.26. The highest BCUT2D eigenvalue weighted by Gasteiger charge is 2.30. The lowest BCUT2D eigenvalue weighted by molar-refractivity contribution is 0.567. The maximum absolute atomic E-state index is 5.85. The van der Waals surface area contributed by atoms with Gasteiger partial charge in [0.1, 0.15) is 5.82 Å². The van der Waals surface area contributed by atoms with Crippen LogP contribution in [-0.4, -0.2) is 17.6 Å². The zero-order valence-electron chi connectivity index (χ0n) is 11.2. The van der Waals surface area contributed by atoms with Gasteiger partial charge in [-0.15, -0.1) is 0 Å². The topological polar surface area (TPSA) is 42.2 Å². The quantitative estimate of drug-likeness (QED) is 0.876. The summed E-state index contributed by atoms with van der Waals surface area (Å²) in [5, 5.41) is 0. The molecule has 0 spiro atoms. The number of pyridine rings is 1. The molecule has 0 radical (unpaired) electrons. The highest BCUT2D eigenvalue weighted by Crippen LogP contribution is 2.33. The minimum Gasteiger partial charge on any atom is -0.353 e. The molecule has 1 aliphatic rings. The molecule has 0 aliphatic heterocycles. The Labute approximate surface area is 118 Å². The van der Waals surface area contributed by atoms with Crippen molar-refractivity contribution in [3.63, 3.8) is 0 Å². The molecule has 0 saturated heterocycles. The van der Waals surface area contributed by atoms with Gasteiger partial charge in [-0.3, -0.25) is 0 Å². The van der Waals surface area contributed by atoms with Crippen LogP contribution in [0.3, 0.4) is 0 Å². The third kappa shape index (κ3) is 3.45. The second-order valence-electron chi connectivity index (χ2n) is 5.45. The average molecular weight is 312 g/mol. The van der Waals surface area contributed by atoms with Crippen LogP contribution in [0.15, 0.2) is 16.7 Å². The monoisotopic (exact) mass is 311 g/mol. The normalized spacial score (nSPS) is 15.2. The molecule has 3 nitrogen and oxygen atoms in total. The van der Waals surface area contributed by atoms with E-state index in [1.54, 1.807) is 0 Å². The Bertz CT molecular complexity index is 402. The number of rotatable bonds is 6. The van der Waals surface area contributed by atoms with Crippen LogP contribution in [0.1, 0.15) is 38.7 Å². The van der Waals surface area contributed by atoms with Crippen LogP contribution in [0.25, 0.3) is 0 Å². The van der Waals surface area contributed by atoms with Crippen LogP contribution in [-0.2, 0) is 6.54 Å². The standard InChI is InChI=1S/C14H22BrN3/c1-10(2)5-6-18(13-3-4-13)14-11(8-16)7-12(15)9-17-14/h7,9-10,13H,3-6,8,16H2,1-2H3. The molecule has 2 rings (SSSR count). The minimum absolute atomic E-state index is 0.548. The SMILES string of the molecule is CC(C)CCN(c1ncc(Br)cc1CN)C1CC1. The number of anilines is 1. The van der Waals surface area contributed by atoms with E-state index in [0.29, 0.717) is 12.6 Å². The van der Waals surface area contributed by atoms with Crippen molar-refractivity contribution >= 4 is 21.7 Å². The molecule has 1 fully saturated rings. The van der Waals surface area contributed by atoms with Gasteiger partial charge >= 0.3 is 0 Å². The van der Waals surface area contributed by atoms with Crippen molar-refractivity contribution < 1.29 is 0 Å². The molecule has 0 aromatic carbocycles. The van der Waals surface area contributed by atoms with Crippen molar-refractivity contribution in [1.29, 1.82) is 0 Å². The molecule has 0 unspecified atom stereocenters. The van der Waals surface area contributed by atoms with Crippen LogP contribution in [0.4, 0.5) is 5.82 Å². The molecular weight excluding hydrogens is 290 g/mol. The summed E-state index contributed by atoms with van der Waals surface area (Å²) in [6, 6.07) is 2.77. The van der Waals surface area contributed by atoms with Crippen molar-refractivity contribution in [1.82, 2.24) is 4.98 Å². The number of hydrogen-bond acceptors (Lipinski definition) is 3. The summed E-state index contributed by atoms with van der Waals surface area (Å²) in [6.45, 7) is 6.17. The van der Waals surface area contributed by atoms with Gasteiger partial charge < -0.3 is 10.6 Å². The van der Waals surface area contributed by atoms with Crippen LogP contribution in [0.5, 0.6) is 0 Å². The summed E-state index contributed by atoms with van der Waals surface area (Å²) in [7, 11) is 0. The molecule has 1 aromatic heterocycles. The van der Waals surface area contributed by atoms with Gasteiger partial charge in [0.15, 0.2) is 0 Å². The predicted octanol–water partition coefficient (Wildman–Crippen LogP) is 3.32. The minimum atomic E-state index is 0.548. The Kier molecular flexibility index (Phi) is 4.62. The molecule has 1 aliphatic carbocycles. The molecule has 2 N–H and O–H groups in total. The number of halogens is 1. The molecule has 1 aromatic rings. The second kappa shape index (κ2) is 6.02. The van der Waals surface area contributed by atoms with Gasteiger partial charge in [-0.05, 0) is 47.2 Å². The van der Waals surface area contributed by atoms with Crippen molar-refractivity contribution in [3.8, 4) is 0 Å². The number of nitrogens with zero attached hydrogens (tertiary/aromatic N) is 2. The number of nitrogens with two attached hydrogens (primary N) is 1. The van der Waals surface area contributed by atoms with E-state index in [4.69, 9.17) is 5.73 Å². The van der Waals surface area contributed by atoms with E-state index in [1.165, 1.54) is 19.3 Å². The molecule has 0 atom stereocenters. The zero-order chi connectivity index (χ0) is 13.1. The van der Waals surface area contributed by atoms with Crippen LogP contribution >= 0.6 is 15.9 Å². The molecule has 0 bridgehead atoms. The van der Waals surface area contributed by atoms with Gasteiger partial charge in [0, 0.05) is 35.4 Å². The summed E-state index contributed by atoms with van der Waals surface area (Å²) >= 11 is 3.46. The van der Waals surface area contributed by atoms with E-state index in [9.17, 15) is 0 Å². The molecule has 100 valence electrons. The number of aromatic nitrogens is 1. The first-order valence-electron chi connectivity index (χ1n) is 6.73. The highest BCUT2D eigenvalue weighted by atomic mass is 79.9. The molecule has 18 heavy (non-hydrogen) atoms. The Morgan fingerprint density at radius 3 is 2.78 bits per heavy atom. The van der Waals surface area contributed by atoms with E-state index >= 15 is 0 Å². The van der Waals surface area contributed by atoms with Gasteiger partial charge in [0.05, 0.1) is 0 Å². The fourth-order valence-electron chi connectivity index (χ4n) is 2.13. The lowest BCUT2D eigenvalue weighted by Crippen LogP contribution is -2.30. The summed E-state index contributed by atoms with van der Waals surface area (Å²) in [5.74, 6) is 1.81. The summed E-state index contributed by atoms with van der Waals surface area (Å²) in [4.78, 5) is 7.04. The zero-order valence-corrected chi connectivity index (χ0v) is 12.8. The summed E-state index contributed by atoms with van der Waals surface area (Å²) in [5.41, 5.74) is 6.99. The van der Waals surface area contributed by atoms with Crippen LogP contribution in [0, 0.1) is 5.92 Å². The van der Waals surface area contributed by atoms with E-state index in [-0.39, 0.29) is 0 Å². The van der Waals surface area contributed by atoms with E-state index in [0.717, 1.165) is 28.3 Å². The first-order valence-corrected chi connectivity index (χ1v) is 7.52.